The van der Waals surface area contributed by atoms with Gasteiger partial charge in [-0.1, -0.05) is 30.4 Å². The molecule has 0 bridgehead atoms. The van der Waals surface area contributed by atoms with Crippen molar-refractivity contribution in [2.24, 2.45) is 0 Å². The van der Waals surface area contributed by atoms with Crippen LogP contribution in [-0.2, 0) is 16.0 Å². The van der Waals surface area contributed by atoms with Crippen LogP contribution in [0.1, 0.15) is 48.0 Å². The van der Waals surface area contributed by atoms with E-state index in [-0.39, 0.29) is 17.4 Å². The van der Waals surface area contributed by atoms with Crippen LogP contribution in [0.5, 0.6) is 11.5 Å². The van der Waals surface area contributed by atoms with Gasteiger partial charge < -0.3 is 14.6 Å². The fourth-order valence-electron chi connectivity index (χ4n) is 4.45. The molecule has 1 aromatic heterocycles. The molecule has 0 saturated carbocycles. The highest BCUT2D eigenvalue weighted by molar-refractivity contribution is 7.15. The van der Waals surface area contributed by atoms with Gasteiger partial charge in [0.15, 0.2) is 0 Å². The molecule has 0 spiro atoms. The van der Waals surface area contributed by atoms with Gasteiger partial charge in [0.05, 0.1) is 18.2 Å². The van der Waals surface area contributed by atoms with E-state index in [1.165, 1.54) is 16.2 Å². The molecule has 0 aliphatic carbocycles. The minimum absolute atomic E-state index is 0.00223. The molecular weight excluding hydrogens is 466 g/mol. The van der Waals surface area contributed by atoms with Gasteiger partial charge in [0, 0.05) is 12.0 Å². The summed E-state index contributed by atoms with van der Waals surface area (Å²) in [4.78, 5) is 27.9. The van der Waals surface area contributed by atoms with E-state index < -0.39 is 17.7 Å². The lowest BCUT2D eigenvalue weighted by molar-refractivity contribution is -0.132. The Balaban J connectivity index is 1.66. The molecular formula is C26H25N3O5S. The lowest BCUT2D eigenvalue weighted by Crippen LogP contribution is -2.29. The van der Waals surface area contributed by atoms with Crippen LogP contribution in [0.3, 0.4) is 0 Å². The number of hydrogen-bond acceptors (Lipinski definition) is 8. The second kappa shape index (κ2) is 9.14. The summed E-state index contributed by atoms with van der Waals surface area (Å²) < 4.78 is 11.6. The number of ether oxygens (including phenoxy) is 2. The molecule has 1 N–H and O–H groups in total. The summed E-state index contributed by atoms with van der Waals surface area (Å²) in [5, 5.41) is 20.5. The van der Waals surface area contributed by atoms with E-state index in [1.807, 2.05) is 32.0 Å². The summed E-state index contributed by atoms with van der Waals surface area (Å²) in [6.07, 6.45) is 1.59. The van der Waals surface area contributed by atoms with Crippen molar-refractivity contribution in [3.05, 3.63) is 69.7 Å². The van der Waals surface area contributed by atoms with Gasteiger partial charge in [0.2, 0.25) is 5.13 Å². The van der Waals surface area contributed by atoms with Crippen molar-refractivity contribution in [2.45, 2.75) is 45.8 Å². The van der Waals surface area contributed by atoms with E-state index in [9.17, 15) is 14.7 Å². The molecule has 1 fully saturated rings. The Morgan fingerprint density at radius 3 is 2.80 bits per heavy atom. The van der Waals surface area contributed by atoms with Gasteiger partial charge in [-0.2, -0.15) is 0 Å². The van der Waals surface area contributed by atoms with E-state index >= 15 is 0 Å². The van der Waals surface area contributed by atoms with E-state index in [0.29, 0.717) is 40.0 Å². The van der Waals surface area contributed by atoms with Crippen molar-refractivity contribution in [2.75, 3.05) is 11.5 Å². The van der Waals surface area contributed by atoms with Crippen molar-refractivity contribution in [3.63, 3.8) is 0 Å². The first-order chi connectivity index (χ1) is 16.9. The number of carbonyl (C=O) groups excluding carboxylic acids is 2. The lowest BCUT2D eigenvalue weighted by atomic mass is 9.94. The number of aliphatic hydroxyl groups is 1. The number of amides is 1. The van der Waals surface area contributed by atoms with Gasteiger partial charge in [-0.15, -0.1) is 10.2 Å². The van der Waals surface area contributed by atoms with Gasteiger partial charge in [-0.3, -0.25) is 14.5 Å². The average Bonchev–Trinajstić information content (AvgIpc) is 3.51. The van der Waals surface area contributed by atoms with Gasteiger partial charge in [0.1, 0.15) is 28.4 Å². The highest BCUT2D eigenvalue weighted by Gasteiger charge is 2.48. The first kappa shape index (κ1) is 23.0. The molecule has 2 aromatic carbocycles. The Kier molecular flexibility index (Phi) is 6.02. The number of Topliss-reactive ketones (excluding diaryl/α,β-unsaturated/α-hetero) is 1. The Labute approximate surface area is 206 Å². The molecule has 8 nitrogen and oxygen atoms in total. The Morgan fingerprint density at radius 1 is 1.23 bits per heavy atom. The third kappa shape index (κ3) is 4.16. The van der Waals surface area contributed by atoms with Crippen molar-refractivity contribution in [3.8, 4) is 11.5 Å². The number of anilines is 1. The molecule has 5 rings (SSSR count). The zero-order valence-corrected chi connectivity index (χ0v) is 20.5. The fourth-order valence-corrected chi connectivity index (χ4v) is 5.16. The average molecular weight is 492 g/mol. The predicted octanol–water partition coefficient (Wildman–Crippen LogP) is 4.59. The second-order valence-corrected chi connectivity index (χ2v) is 9.81. The molecule has 9 heteroatoms. The quantitative estimate of drug-likeness (QED) is 0.306. The van der Waals surface area contributed by atoms with Crippen molar-refractivity contribution >= 4 is 33.9 Å². The SMILES string of the molecule is CCCOc1cccc([C@H]2C(=C(O)c3ccc4c(c3)C[C@@H](C)O4)C(=O)C(=O)N2c2nnc(C)s2)c1. The summed E-state index contributed by atoms with van der Waals surface area (Å²) in [5.41, 5.74) is 2.03. The van der Waals surface area contributed by atoms with Crippen LogP contribution < -0.4 is 14.4 Å². The number of aryl methyl sites for hydroxylation is 1. The number of aliphatic hydroxyl groups excluding tert-OH is 1. The van der Waals surface area contributed by atoms with Crippen LogP contribution in [0.15, 0.2) is 48.0 Å². The number of fused-ring (bicyclic) bond motifs is 1. The zero-order valence-electron chi connectivity index (χ0n) is 19.6. The minimum Gasteiger partial charge on any atom is -0.507 e. The number of ketones is 1. The molecule has 2 aliphatic rings. The fraction of sp³-hybridized carbons (Fsp3) is 0.308. The highest BCUT2D eigenvalue weighted by atomic mass is 32.1. The van der Waals surface area contributed by atoms with Crippen LogP contribution in [0, 0.1) is 6.92 Å². The third-order valence-corrected chi connectivity index (χ3v) is 6.82. The standard InChI is InChI=1S/C26H25N3O5S/c1-4-10-33-19-7-5-6-16(13-19)22-21(24(31)25(32)29(22)26-28-27-15(3)35-26)23(30)17-8-9-20-18(12-17)11-14(2)34-20/h5-9,12-14,22,30H,4,10-11H2,1-3H3/t14-,22+/m1/s1. The predicted molar refractivity (Wildman–Crippen MR) is 132 cm³/mol. The molecule has 180 valence electrons. The third-order valence-electron chi connectivity index (χ3n) is 5.98. The molecule has 1 saturated heterocycles. The molecule has 1 amide bonds. The van der Waals surface area contributed by atoms with Crippen molar-refractivity contribution < 1.29 is 24.2 Å². The number of carbonyl (C=O) groups is 2. The lowest BCUT2D eigenvalue weighted by Gasteiger charge is -2.23. The summed E-state index contributed by atoms with van der Waals surface area (Å²) in [6, 6.07) is 11.6. The first-order valence-corrected chi connectivity index (χ1v) is 12.3. The van der Waals surface area contributed by atoms with E-state index in [1.54, 1.807) is 31.2 Å². The molecule has 3 aromatic rings. The maximum Gasteiger partial charge on any atom is 0.301 e. The minimum atomic E-state index is -0.879. The normalized spacial score (nSPS) is 20.7. The summed E-state index contributed by atoms with van der Waals surface area (Å²) in [5.74, 6) is -0.390. The highest BCUT2D eigenvalue weighted by Crippen LogP contribution is 2.44. The maximum absolute atomic E-state index is 13.3. The number of rotatable bonds is 6. The van der Waals surface area contributed by atoms with Crippen molar-refractivity contribution in [1.82, 2.24) is 10.2 Å². The molecule has 2 aliphatic heterocycles. The van der Waals surface area contributed by atoms with Crippen LogP contribution in [0.25, 0.3) is 5.76 Å². The molecule has 0 radical (unpaired) electrons. The topological polar surface area (TPSA) is 102 Å². The Bertz CT molecular complexity index is 1350. The van der Waals surface area contributed by atoms with Crippen LogP contribution >= 0.6 is 11.3 Å². The first-order valence-electron chi connectivity index (χ1n) is 11.5. The van der Waals surface area contributed by atoms with E-state index in [0.717, 1.165) is 17.7 Å². The maximum atomic E-state index is 13.3. The van der Waals surface area contributed by atoms with Crippen LogP contribution in [0.2, 0.25) is 0 Å². The monoisotopic (exact) mass is 491 g/mol. The Hall–Kier alpha value is -3.72. The molecule has 0 unspecified atom stereocenters. The summed E-state index contributed by atoms with van der Waals surface area (Å²) >= 11 is 1.21. The van der Waals surface area contributed by atoms with Gasteiger partial charge in [-0.05, 0) is 61.7 Å². The summed E-state index contributed by atoms with van der Waals surface area (Å²) in [7, 11) is 0. The van der Waals surface area contributed by atoms with E-state index in [2.05, 4.69) is 10.2 Å². The Morgan fingerprint density at radius 2 is 2.06 bits per heavy atom. The van der Waals surface area contributed by atoms with Gasteiger partial charge >= 0.3 is 5.91 Å². The van der Waals surface area contributed by atoms with E-state index in [4.69, 9.17) is 9.47 Å². The van der Waals surface area contributed by atoms with Crippen LogP contribution in [0.4, 0.5) is 5.13 Å². The molecule has 3 heterocycles. The largest absolute Gasteiger partial charge is 0.507 e. The molecule has 35 heavy (non-hydrogen) atoms. The van der Waals surface area contributed by atoms with Gasteiger partial charge in [-0.25, -0.2) is 0 Å². The number of nitrogens with zero attached hydrogens (tertiary/aromatic N) is 3. The smallest absolute Gasteiger partial charge is 0.301 e. The zero-order chi connectivity index (χ0) is 24.7. The molecule has 2 atom stereocenters. The second-order valence-electron chi connectivity index (χ2n) is 8.65. The van der Waals surface area contributed by atoms with Crippen molar-refractivity contribution in [1.29, 1.82) is 0 Å². The number of aromatic nitrogens is 2. The van der Waals surface area contributed by atoms with Crippen LogP contribution in [-0.4, -0.2) is 39.7 Å². The van der Waals surface area contributed by atoms with Gasteiger partial charge in [0.25, 0.3) is 5.78 Å². The number of hydrogen-bond donors (Lipinski definition) is 1. The number of benzene rings is 2. The summed E-state index contributed by atoms with van der Waals surface area (Å²) in [6.45, 7) is 6.30.